The Labute approximate surface area is 290 Å². The number of rotatable bonds is 2. The molecule has 7 rings (SSSR count). The first-order chi connectivity index (χ1) is 24.1. The number of hydrogen-bond donors (Lipinski definition) is 2. The highest BCUT2D eigenvalue weighted by molar-refractivity contribution is 6.01. The predicted molar refractivity (Wildman–Crippen MR) is 181 cm³/mol. The number of benzene rings is 3. The third kappa shape index (κ3) is 11.6. The van der Waals surface area contributed by atoms with Crippen molar-refractivity contribution in [2.75, 3.05) is 14.2 Å². The Balaban J connectivity index is 1.53. The van der Waals surface area contributed by atoms with Gasteiger partial charge in [-0.3, -0.25) is 19.2 Å². The zero-order valence-corrected chi connectivity index (χ0v) is 28.2. The molecule has 0 aromatic heterocycles. The van der Waals surface area contributed by atoms with E-state index in [1.165, 1.54) is 38.5 Å². The maximum atomic E-state index is 13.3. The van der Waals surface area contributed by atoms with Crippen LogP contribution in [0.4, 0.5) is 0 Å². The minimum absolute atomic E-state index is 0.0922. The van der Waals surface area contributed by atoms with E-state index in [1.54, 1.807) is 48.5 Å². The second kappa shape index (κ2) is 18.9. The Kier molecular flexibility index (Phi) is 14.1. The van der Waals surface area contributed by atoms with Crippen molar-refractivity contribution in [3.8, 4) is 11.5 Å². The van der Waals surface area contributed by atoms with E-state index in [4.69, 9.17) is 18.9 Å². The molecular formula is C38H42N2O10. The van der Waals surface area contributed by atoms with Gasteiger partial charge in [-0.1, -0.05) is 56.0 Å². The number of amides is 2. The maximum Gasteiger partial charge on any atom is 0.328 e. The van der Waals surface area contributed by atoms with Crippen LogP contribution in [0.2, 0.25) is 0 Å². The number of hydrogen-bond acceptors (Lipinski definition) is 10. The Morgan fingerprint density at radius 2 is 0.960 bits per heavy atom. The smallest absolute Gasteiger partial charge is 0.328 e. The fourth-order valence-electron chi connectivity index (χ4n) is 5.43. The summed E-state index contributed by atoms with van der Waals surface area (Å²) in [7, 11) is 2.43. The Bertz CT molecular complexity index is 1530. The van der Waals surface area contributed by atoms with Crippen molar-refractivity contribution < 1.29 is 47.7 Å². The van der Waals surface area contributed by atoms with Crippen LogP contribution in [0.25, 0.3) is 0 Å². The van der Waals surface area contributed by atoms with Gasteiger partial charge in [0, 0.05) is 36.8 Å². The van der Waals surface area contributed by atoms with Gasteiger partial charge in [0.2, 0.25) is 0 Å². The molecule has 2 atom stereocenters. The number of carbonyl (C=O) groups is 6. The van der Waals surface area contributed by atoms with Gasteiger partial charge in [-0.15, -0.1) is 0 Å². The molecule has 6 bridgehead atoms. The minimum atomic E-state index is -1.05. The standard InChI is InChI=1S/C38H42N2O10/c1-47-37(45)31-22-25-14-18-29(19-15-25)49-33(41)12-7-5-3-4-6-8-13-34(42)50-30-20-16-26(17-21-30)23-32(38(46)48-2)40-36(44)28-11-9-10-27(24-28)35(43)39-31/h9-11,14-21,24,31-32H,3-8,12-13,22-23H2,1-2H3,(H,39,43)(H,40,44)/t31-,32+. The van der Waals surface area contributed by atoms with Gasteiger partial charge in [-0.05, 0) is 66.4 Å². The van der Waals surface area contributed by atoms with Gasteiger partial charge in [-0.2, -0.15) is 0 Å². The SMILES string of the molecule is COC(=O)[C@@H]1Cc2ccc(cc2)OC(=O)CCCCCCCCC(=O)Oc2ccc(cc2)C[C@H](C(=O)OC)NC(=O)c2cccc(c2)C(=O)N1. The average Bonchev–Trinajstić information content (AvgIpc) is 3.12. The van der Waals surface area contributed by atoms with Gasteiger partial charge in [0.1, 0.15) is 23.6 Å². The fraction of sp³-hybridized carbons (Fsp3) is 0.368. The highest BCUT2D eigenvalue weighted by atomic mass is 16.5. The van der Waals surface area contributed by atoms with Crippen LogP contribution in [0.5, 0.6) is 11.5 Å². The molecule has 12 heteroatoms. The van der Waals surface area contributed by atoms with Gasteiger partial charge in [0.15, 0.2) is 0 Å². The number of nitrogens with one attached hydrogen (secondary N) is 2. The highest BCUT2D eigenvalue weighted by Crippen LogP contribution is 2.18. The molecule has 50 heavy (non-hydrogen) atoms. The van der Waals surface area contributed by atoms with Gasteiger partial charge in [0.05, 0.1) is 14.2 Å². The normalized spacial score (nSPS) is 18.8. The van der Waals surface area contributed by atoms with Gasteiger partial charge >= 0.3 is 23.9 Å². The van der Waals surface area contributed by atoms with Crippen LogP contribution in [-0.4, -0.2) is 62.0 Å². The molecule has 0 aliphatic carbocycles. The zero-order valence-electron chi connectivity index (χ0n) is 28.2. The summed E-state index contributed by atoms with van der Waals surface area (Å²) in [5.74, 6) is -2.56. The van der Waals surface area contributed by atoms with E-state index in [9.17, 15) is 28.8 Å². The van der Waals surface area contributed by atoms with Crippen LogP contribution in [-0.2, 0) is 41.5 Å². The Hall–Kier alpha value is -5.52. The molecule has 2 amide bonds. The van der Waals surface area contributed by atoms with E-state index in [2.05, 4.69) is 10.6 Å². The molecular weight excluding hydrogens is 644 g/mol. The topological polar surface area (TPSA) is 163 Å². The molecule has 12 nitrogen and oxygen atoms in total. The molecule has 3 aromatic carbocycles. The van der Waals surface area contributed by atoms with Gasteiger partial charge < -0.3 is 29.6 Å². The summed E-state index contributed by atoms with van der Waals surface area (Å²) in [5, 5.41) is 5.34. The molecule has 4 heterocycles. The molecule has 4 aliphatic heterocycles. The quantitative estimate of drug-likeness (QED) is 0.286. The molecule has 3 aromatic rings. The van der Waals surface area contributed by atoms with Crippen molar-refractivity contribution in [1.29, 1.82) is 0 Å². The molecule has 4 aliphatic rings. The predicted octanol–water partition coefficient (Wildman–Crippen LogP) is 4.66. The van der Waals surface area contributed by atoms with Crippen LogP contribution >= 0.6 is 0 Å². The Morgan fingerprint density at radius 1 is 0.580 bits per heavy atom. The summed E-state index contributed by atoms with van der Waals surface area (Å²) in [6, 6.07) is 17.0. The van der Waals surface area contributed by atoms with Crippen LogP contribution in [0.3, 0.4) is 0 Å². The first-order valence-corrected chi connectivity index (χ1v) is 16.6. The van der Waals surface area contributed by atoms with Crippen LogP contribution in [0, 0.1) is 0 Å². The lowest BCUT2D eigenvalue weighted by molar-refractivity contribution is -0.143. The largest absolute Gasteiger partial charge is 0.467 e. The molecule has 264 valence electrons. The lowest BCUT2D eigenvalue weighted by Gasteiger charge is -2.18. The molecule has 2 N–H and O–H groups in total. The number of methoxy groups -OCH3 is 2. The van der Waals surface area contributed by atoms with E-state index in [0.717, 1.165) is 25.7 Å². The summed E-state index contributed by atoms with van der Waals surface area (Å²) >= 11 is 0. The minimum Gasteiger partial charge on any atom is -0.467 e. The van der Waals surface area contributed by atoms with Gasteiger partial charge in [0.25, 0.3) is 11.8 Å². The van der Waals surface area contributed by atoms with Crippen molar-refractivity contribution in [3.63, 3.8) is 0 Å². The molecule has 0 unspecified atom stereocenters. The molecule has 0 saturated heterocycles. The summed E-state index contributed by atoms with van der Waals surface area (Å²) in [5.41, 5.74) is 1.56. The van der Waals surface area contributed by atoms with Crippen LogP contribution in [0.15, 0.2) is 72.8 Å². The van der Waals surface area contributed by atoms with E-state index < -0.39 is 35.8 Å². The van der Waals surface area contributed by atoms with Crippen molar-refractivity contribution in [3.05, 3.63) is 95.1 Å². The zero-order chi connectivity index (χ0) is 35.9. The van der Waals surface area contributed by atoms with E-state index in [-0.39, 0.29) is 48.7 Å². The first kappa shape index (κ1) is 37.3. The summed E-state index contributed by atoms with van der Waals surface area (Å²) < 4.78 is 20.7. The summed E-state index contributed by atoms with van der Waals surface area (Å²) in [6.07, 6.45) is 5.66. The van der Waals surface area contributed by atoms with E-state index in [0.29, 0.717) is 35.5 Å². The Morgan fingerprint density at radius 3 is 1.34 bits per heavy atom. The second-order valence-electron chi connectivity index (χ2n) is 11.9. The van der Waals surface area contributed by atoms with Crippen molar-refractivity contribution in [2.45, 2.75) is 76.3 Å². The first-order valence-electron chi connectivity index (χ1n) is 16.6. The summed E-state index contributed by atoms with van der Waals surface area (Å²) in [4.78, 5) is 76.5. The van der Waals surface area contributed by atoms with Gasteiger partial charge in [-0.25, -0.2) is 9.59 Å². The summed E-state index contributed by atoms with van der Waals surface area (Å²) in [6.45, 7) is 0. The van der Waals surface area contributed by atoms with E-state index >= 15 is 0 Å². The van der Waals surface area contributed by atoms with Crippen LogP contribution in [0.1, 0.15) is 83.2 Å². The lowest BCUT2D eigenvalue weighted by atomic mass is 10.0. The molecule has 0 spiro atoms. The molecule has 0 saturated carbocycles. The fourth-order valence-corrected chi connectivity index (χ4v) is 5.43. The molecule has 0 radical (unpaired) electrons. The van der Waals surface area contributed by atoms with Crippen molar-refractivity contribution >= 4 is 35.7 Å². The second-order valence-corrected chi connectivity index (χ2v) is 11.9. The third-order valence-corrected chi connectivity index (χ3v) is 8.17. The number of carbonyl (C=O) groups excluding carboxylic acids is 6. The van der Waals surface area contributed by atoms with Crippen molar-refractivity contribution in [1.82, 2.24) is 10.6 Å². The average molecular weight is 687 g/mol. The number of esters is 4. The molecule has 0 fully saturated rings. The monoisotopic (exact) mass is 686 g/mol. The number of ether oxygens (including phenoxy) is 4. The lowest BCUT2D eigenvalue weighted by Crippen LogP contribution is -2.44. The highest BCUT2D eigenvalue weighted by Gasteiger charge is 2.25. The van der Waals surface area contributed by atoms with Crippen LogP contribution < -0.4 is 20.1 Å². The van der Waals surface area contributed by atoms with Crippen molar-refractivity contribution in [2.24, 2.45) is 0 Å². The third-order valence-electron chi connectivity index (χ3n) is 8.17. The maximum absolute atomic E-state index is 13.3. The van der Waals surface area contributed by atoms with E-state index in [1.807, 2.05) is 0 Å².